The first-order valence-corrected chi connectivity index (χ1v) is 10.3. The molecule has 0 bridgehead atoms. The molecule has 1 aliphatic rings. The molecule has 154 valence electrons. The molecule has 2 amide bonds. The Morgan fingerprint density at radius 3 is 2.66 bits per heavy atom. The van der Waals surface area contributed by atoms with Crippen LogP contribution in [0.3, 0.4) is 0 Å². The minimum atomic E-state index is -0.364. The molecular weight excluding hydrogens is 394 g/mol. The Bertz CT molecular complexity index is 897. The number of amides is 2. The zero-order valence-corrected chi connectivity index (χ0v) is 17.2. The summed E-state index contributed by atoms with van der Waals surface area (Å²) in [5.74, 6) is 0.214. The fourth-order valence-corrected chi connectivity index (χ4v) is 3.67. The minimum absolute atomic E-state index is 0.0377. The van der Waals surface area contributed by atoms with Crippen molar-refractivity contribution >= 4 is 40.9 Å². The summed E-state index contributed by atoms with van der Waals surface area (Å²) in [6.45, 7) is 2.79. The number of hydrogen-bond acceptors (Lipinski definition) is 7. The number of hydrogen-bond donors (Lipinski definition) is 1. The van der Waals surface area contributed by atoms with Gasteiger partial charge in [-0.1, -0.05) is 11.8 Å². The Kier molecular flexibility index (Phi) is 6.86. The first kappa shape index (κ1) is 20.8. The molecule has 1 aromatic carbocycles. The summed E-state index contributed by atoms with van der Waals surface area (Å²) in [5.41, 5.74) is 1.50. The fraction of sp³-hybridized carbons (Fsp3) is 0.421. The number of benzene rings is 1. The number of aromatic nitrogens is 3. The maximum atomic E-state index is 12.2. The molecule has 2 heterocycles. The van der Waals surface area contributed by atoms with Crippen LogP contribution in [-0.2, 0) is 32.6 Å². The van der Waals surface area contributed by atoms with Gasteiger partial charge in [0.2, 0.25) is 11.8 Å². The third-order valence-corrected chi connectivity index (χ3v) is 5.42. The van der Waals surface area contributed by atoms with Crippen LogP contribution in [0, 0.1) is 0 Å². The van der Waals surface area contributed by atoms with Crippen LogP contribution in [0.25, 0.3) is 0 Å². The number of esters is 1. The van der Waals surface area contributed by atoms with Crippen molar-refractivity contribution < 1.29 is 19.1 Å². The summed E-state index contributed by atoms with van der Waals surface area (Å²) < 4.78 is 6.59. The van der Waals surface area contributed by atoms with Gasteiger partial charge in [-0.05, 0) is 37.6 Å². The van der Waals surface area contributed by atoms with Crippen LogP contribution < -0.4 is 10.2 Å². The van der Waals surface area contributed by atoms with Crippen molar-refractivity contribution in [3.05, 3.63) is 30.1 Å². The molecule has 10 heteroatoms. The molecule has 1 aromatic heterocycles. The second-order valence-corrected chi connectivity index (χ2v) is 7.41. The Morgan fingerprint density at radius 1 is 1.24 bits per heavy atom. The Morgan fingerprint density at radius 2 is 2.00 bits per heavy atom. The van der Waals surface area contributed by atoms with Crippen LogP contribution in [0.2, 0.25) is 0 Å². The van der Waals surface area contributed by atoms with Gasteiger partial charge in [-0.25, -0.2) is 0 Å². The zero-order valence-electron chi connectivity index (χ0n) is 16.4. The topological polar surface area (TPSA) is 106 Å². The molecule has 3 rings (SSSR count). The monoisotopic (exact) mass is 417 g/mol. The molecule has 2 aromatic rings. The van der Waals surface area contributed by atoms with Crippen LogP contribution in [0.1, 0.15) is 25.6 Å². The van der Waals surface area contributed by atoms with Crippen LogP contribution >= 0.6 is 11.8 Å². The Hall–Kier alpha value is -2.88. The highest BCUT2D eigenvalue weighted by atomic mass is 32.2. The van der Waals surface area contributed by atoms with Gasteiger partial charge in [0, 0.05) is 31.4 Å². The SMILES string of the molecule is CCOC(=O)Cc1nnc(SCC(=O)Nc2ccc(N3CCCC3=O)cc2)n1C. The summed E-state index contributed by atoms with van der Waals surface area (Å²) in [7, 11) is 1.74. The van der Waals surface area contributed by atoms with Crippen molar-refractivity contribution in [3.8, 4) is 0 Å². The molecule has 0 saturated carbocycles. The van der Waals surface area contributed by atoms with E-state index in [1.807, 2.05) is 12.1 Å². The number of ether oxygens (including phenoxy) is 1. The summed E-state index contributed by atoms with van der Waals surface area (Å²) in [4.78, 5) is 37.4. The summed E-state index contributed by atoms with van der Waals surface area (Å²) in [6.07, 6.45) is 1.49. The van der Waals surface area contributed by atoms with E-state index in [9.17, 15) is 14.4 Å². The molecule has 1 fully saturated rings. The van der Waals surface area contributed by atoms with E-state index < -0.39 is 0 Å². The number of anilines is 2. The van der Waals surface area contributed by atoms with Crippen LogP contribution in [-0.4, -0.2) is 51.5 Å². The van der Waals surface area contributed by atoms with Crippen LogP contribution in [0.15, 0.2) is 29.4 Å². The number of carbonyl (C=O) groups excluding carboxylic acids is 3. The average molecular weight is 417 g/mol. The average Bonchev–Trinajstić information content (AvgIpc) is 3.27. The predicted octanol–water partition coefficient (Wildman–Crippen LogP) is 1.78. The fourth-order valence-electron chi connectivity index (χ4n) is 2.94. The van der Waals surface area contributed by atoms with Gasteiger partial charge in [0.05, 0.1) is 12.4 Å². The van der Waals surface area contributed by atoms with Crippen molar-refractivity contribution in [2.24, 2.45) is 7.05 Å². The van der Waals surface area contributed by atoms with Gasteiger partial charge >= 0.3 is 5.97 Å². The molecule has 0 radical (unpaired) electrons. The first-order valence-electron chi connectivity index (χ1n) is 9.35. The lowest BCUT2D eigenvalue weighted by molar-refractivity contribution is -0.142. The van der Waals surface area contributed by atoms with Gasteiger partial charge in [0.15, 0.2) is 5.16 Å². The lowest BCUT2D eigenvalue weighted by atomic mass is 10.2. The molecule has 1 N–H and O–H groups in total. The Balaban J connectivity index is 1.50. The second-order valence-electron chi connectivity index (χ2n) is 6.47. The molecule has 9 nitrogen and oxygen atoms in total. The molecule has 0 aliphatic carbocycles. The Labute approximate surface area is 172 Å². The third-order valence-electron chi connectivity index (χ3n) is 4.40. The first-order chi connectivity index (χ1) is 14.0. The maximum Gasteiger partial charge on any atom is 0.313 e. The second kappa shape index (κ2) is 9.55. The molecule has 1 saturated heterocycles. The van der Waals surface area contributed by atoms with E-state index in [0.29, 0.717) is 29.7 Å². The lowest BCUT2D eigenvalue weighted by Gasteiger charge is -2.16. The molecule has 29 heavy (non-hydrogen) atoms. The van der Waals surface area contributed by atoms with Crippen molar-refractivity contribution in [2.45, 2.75) is 31.3 Å². The highest BCUT2D eigenvalue weighted by Crippen LogP contribution is 2.23. The van der Waals surface area contributed by atoms with Gasteiger partial charge in [-0.3, -0.25) is 14.4 Å². The van der Waals surface area contributed by atoms with E-state index in [1.54, 1.807) is 35.6 Å². The van der Waals surface area contributed by atoms with Gasteiger partial charge < -0.3 is 19.5 Å². The van der Waals surface area contributed by atoms with E-state index in [1.165, 1.54) is 11.8 Å². The highest BCUT2D eigenvalue weighted by molar-refractivity contribution is 7.99. The van der Waals surface area contributed by atoms with E-state index in [2.05, 4.69) is 15.5 Å². The van der Waals surface area contributed by atoms with Crippen molar-refractivity contribution in [1.29, 1.82) is 0 Å². The number of rotatable bonds is 8. The summed E-state index contributed by atoms with van der Waals surface area (Å²) in [6, 6.07) is 7.22. The number of carbonyl (C=O) groups is 3. The highest BCUT2D eigenvalue weighted by Gasteiger charge is 2.21. The number of nitrogens with one attached hydrogen (secondary N) is 1. The predicted molar refractivity (Wildman–Crippen MR) is 109 cm³/mol. The number of nitrogens with zero attached hydrogens (tertiary/aromatic N) is 4. The summed E-state index contributed by atoms with van der Waals surface area (Å²) >= 11 is 1.23. The van der Waals surface area contributed by atoms with Gasteiger partial charge in [-0.15, -0.1) is 10.2 Å². The molecular formula is C19H23N5O4S. The van der Waals surface area contributed by atoms with E-state index in [-0.39, 0.29) is 30.0 Å². The zero-order chi connectivity index (χ0) is 20.8. The quantitative estimate of drug-likeness (QED) is 0.515. The van der Waals surface area contributed by atoms with Gasteiger partial charge in [0.25, 0.3) is 0 Å². The van der Waals surface area contributed by atoms with Gasteiger partial charge in [0.1, 0.15) is 12.2 Å². The smallest absolute Gasteiger partial charge is 0.313 e. The van der Waals surface area contributed by atoms with E-state index in [0.717, 1.165) is 18.7 Å². The van der Waals surface area contributed by atoms with Gasteiger partial charge in [-0.2, -0.15) is 0 Å². The minimum Gasteiger partial charge on any atom is -0.466 e. The van der Waals surface area contributed by atoms with E-state index in [4.69, 9.17) is 4.74 Å². The molecule has 1 aliphatic heterocycles. The molecule has 0 unspecified atom stereocenters. The summed E-state index contributed by atoms with van der Waals surface area (Å²) in [5, 5.41) is 11.4. The molecule has 0 spiro atoms. The maximum absolute atomic E-state index is 12.2. The molecule has 0 atom stereocenters. The normalized spacial score (nSPS) is 13.6. The standard InChI is InChI=1S/C19H23N5O4S/c1-3-28-18(27)11-15-21-22-19(23(15)2)29-12-16(25)20-13-6-8-14(9-7-13)24-10-4-5-17(24)26/h6-9H,3-5,10-12H2,1-2H3,(H,20,25). The third kappa shape index (κ3) is 5.35. The van der Waals surface area contributed by atoms with Crippen molar-refractivity contribution in [3.63, 3.8) is 0 Å². The van der Waals surface area contributed by atoms with Crippen molar-refractivity contribution in [1.82, 2.24) is 14.8 Å². The van der Waals surface area contributed by atoms with E-state index >= 15 is 0 Å². The van der Waals surface area contributed by atoms with Crippen molar-refractivity contribution in [2.75, 3.05) is 29.1 Å². The number of thioether (sulfide) groups is 1. The largest absolute Gasteiger partial charge is 0.466 e. The van der Waals surface area contributed by atoms with Crippen LogP contribution in [0.5, 0.6) is 0 Å². The lowest BCUT2D eigenvalue weighted by Crippen LogP contribution is -2.23. The van der Waals surface area contributed by atoms with Crippen LogP contribution in [0.4, 0.5) is 11.4 Å².